The summed E-state index contributed by atoms with van der Waals surface area (Å²) < 4.78 is 26.8. The summed E-state index contributed by atoms with van der Waals surface area (Å²) in [4.78, 5) is 0.214. The van der Waals surface area contributed by atoms with Gasteiger partial charge in [-0.15, -0.1) is 0 Å². The molecule has 106 valence electrons. The highest BCUT2D eigenvalue weighted by Crippen LogP contribution is 2.27. The number of aryl methyl sites for hydroxylation is 1. The molecule has 1 fully saturated rings. The van der Waals surface area contributed by atoms with Gasteiger partial charge in [0, 0.05) is 19.1 Å². The molecule has 6 heteroatoms. The van der Waals surface area contributed by atoms with Crippen molar-refractivity contribution in [2.24, 2.45) is 0 Å². The number of hydrogen-bond donors (Lipinski definition) is 1. The third-order valence-electron chi connectivity index (χ3n) is 3.50. The van der Waals surface area contributed by atoms with Gasteiger partial charge in [0.1, 0.15) is 4.90 Å². The maximum absolute atomic E-state index is 12.6. The summed E-state index contributed by atoms with van der Waals surface area (Å²) in [6, 6.07) is 5.31. The van der Waals surface area contributed by atoms with E-state index in [1.807, 2.05) is 20.0 Å². The molecular formula is C13H19ClN2O2S. The quantitative estimate of drug-likeness (QED) is 0.929. The lowest BCUT2D eigenvalue weighted by Crippen LogP contribution is -2.46. The Hall–Kier alpha value is -0.620. The molecule has 1 aliphatic rings. The van der Waals surface area contributed by atoms with Gasteiger partial charge in [-0.3, -0.25) is 0 Å². The normalized spacial score (nSPS) is 21.5. The molecular weight excluding hydrogens is 284 g/mol. The van der Waals surface area contributed by atoms with Gasteiger partial charge in [-0.05, 0) is 44.5 Å². The van der Waals surface area contributed by atoms with Gasteiger partial charge in [0.2, 0.25) is 10.0 Å². The molecule has 0 bridgehead atoms. The first-order valence-electron chi connectivity index (χ1n) is 6.38. The maximum Gasteiger partial charge on any atom is 0.244 e. The maximum atomic E-state index is 12.6. The molecule has 1 unspecified atom stereocenters. The molecule has 1 N–H and O–H groups in total. The number of rotatable bonds is 3. The van der Waals surface area contributed by atoms with Crippen molar-refractivity contribution >= 4 is 21.6 Å². The summed E-state index contributed by atoms with van der Waals surface area (Å²) in [5.41, 5.74) is 0.894. The molecule has 0 radical (unpaired) electrons. The van der Waals surface area contributed by atoms with Gasteiger partial charge in [-0.1, -0.05) is 17.7 Å². The molecule has 19 heavy (non-hydrogen) atoms. The van der Waals surface area contributed by atoms with E-state index in [1.54, 1.807) is 12.1 Å². The largest absolute Gasteiger partial charge is 0.316 e. The van der Waals surface area contributed by atoms with Crippen molar-refractivity contribution in [3.05, 3.63) is 28.8 Å². The summed E-state index contributed by atoms with van der Waals surface area (Å²) in [6.45, 7) is 2.93. The van der Waals surface area contributed by atoms with E-state index in [1.165, 1.54) is 4.31 Å². The monoisotopic (exact) mass is 302 g/mol. The zero-order valence-electron chi connectivity index (χ0n) is 11.2. The van der Waals surface area contributed by atoms with Crippen LogP contribution in [0.2, 0.25) is 5.02 Å². The summed E-state index contributed by atoms with van der Waals surface area (Å²) in [7, 11) is -1.64. The third kappa shape index (κ3) is 3.11. The molecule has 0 aliphatic carbocycles. The zero-order chi connectivity index (χ0) is 14.0. The Morgan fingerprint density at radius 3 is 2.84 bits per heavy atom. The van der Waals surface area contributed by atoms with Crippen molar-refractivity contribution in [1.29, 1.82) is 0 Å². The predicted octanol–water partition coefficient (Wildman–Crippen LogP) is 2.02. The summed E-state index contributed by atoms with van der Waals surface area (Å²) in [6.07, 6.45) is 1.87. The van der Waals surface area contributed by atoms with Crippen LogP contribution in [-0.2, 0) is 10.0 Å². The third-order valence-corrected chi connectivity index (χ3v) is 5.84. The fourth-order valence-corrected chi connectivity index (χ4v) is 4.43. The summed E-state index contributed by atoms with van der Waals surface area (Å²) in [5.74, 6) is 0. The SMILES string of the molecule is CNC1CCCN(S(=O)(=O)c2cc(C)ccc2Cl)C1. The minimum absolute atomic E-state index is 0.214. The van der Waals surface area contributed by atoms with Crippen molar-refractivity contribution in [3.63, 3.8) is 0 Å². The number of halogens is 1. The highest BCUT2D eigenvalue weighted by atomic mass is 35.5. The molecule has 1 atom stereocenters. The lowest BCUT2D eigenvalue weighted by molar-refractivity contribution is 0.293. The number of nitrogens with zero attached hydrogens (tertiary/aromatic N) is 1. The number of hydrogen-bond acceptors (Lipinski definition) is 3. The highest BCUT2D eigenvalue weighted by Gasteiger charge is 2.31. The Morgan fingerprint density at radius 1 is 1.42 bits per heavy atom. The molecule has 4 nitrogen and oxygen atoms in total. The fraction of sp³-hybridized carbons (Fsp3) is 0.538. The van der Waals surface area contributed by atoms with Crippen molar-refractivity contribution in [1.82, 2.24) is 9.62 Å². The molecule has 0 spiro atoms. The fourth-order valence-electron chi connectivity index (χ4n) is 2.34. The van der Waals surface area contributed by atoms with Crippen LogP contribution in [0.4, 0.5) is 0 Å². The van der Waals surface area contributed by atoms with Crippen LogP contribution < -0.4 is 5.32 Å². The molecule has 0 amide bonds. The Labute approximate surface area is 119 Å². The molecule has 0 saturated carbocycles. The Morgan fingerprint density at radius 2 is 2.16 bits per heavy atom. The van der Waals surface area contributed by atoms with Crippen molar-refractivity contribution in [2.75, 3.05) is 20.1 Å². The van der Waals surface area contributed by atoms with Gasteiger partial charge >= 0.3 is 0 Å². The lowest BCUT2D eigenvalue weighted by atomic mass is 10.1. The number of likely N-dealkylation sites (N-methyl/N-ethyl adjacent to an activating group) is 1. The van der Waals surface area contributed by atoms with Crippen molar-refractivity contribution in [3.8, 4) is 0 Å². The predicted molar refractivity (Wildman–Crippen MR) is 77.0 cm³/mol. The van der Waals surface area contributed by atoms with E-state index in [2.05, 4.69) is 5.32 Å². The molecule has 1 aromatic rings. The standard InChI is InChI=1S/C13H19ClN2O2S/c1-10-5-6-12(14)13(8-10)19(17,18)16-7-3-4-11(9-16)15-2/h5-6,8,11,15H,3-4,7,9H2,1-2H3. The van der Waals surface area contributed by atoms with Gasteiger partial charge in [0.05, 0.1) is 5.02 Å². The van der Waals surface area contributed by atoms with E-state index >= 15 is 0 Å². The van der Waals surface area contributed by atoms with E-state index in [4.69, 9.17) is 11.6 Å². The number of nitrogens with one attached hydrogen (secondary N) is 1. The average molecular weight is 303 g/mol. The zero-order valence-corrected chi connectivity index (χ0v) is 12.8. The molecule has 1 aromatic carbocycles. The van der Waals surface area contributed by atoms with E-state index in [0.717, 1.165) is 18.4 Å². The van der Waals surface area contributed by atoms with E-state index in [0.29, 0.717) is 13.1 Å². The van der Waals surface area contributed by atoms with Gasteiger partial charge in [0.25, 0.3) is 0 Å². The second kappa shape index (κ2) is 5.79. The molecule has 1 aliphatic heterocycles. The first-order valence-corrected chi connectivity index (χ1v) is 8.20. The van der Waals surface area contributed by atoms with Gasteiger partial charge in [-0.25, -0.2) is 8.42 Å². The van der Waals surface area contributed by atoms with Crippen LogP contribution in [0, 0.1) is 6.92 Å². The van der Waals surface area contributed by atoms with Gasteiger partial charge < -0.3 is 5.32 Å². The van der Waals surface area contributed by atoms with Crippen LogP contribution >= 0.6 is 11.6 Å². The van der Waals surface area contributed by atoms with Crippen LogP contribution in [-0.4, -0.2) is 38.9 Å². The van der Waals surface area contributed by atoms with Crippen molar-refractivity contribution in [2.45, 2.75) is 30.7 Å². The molecule has 0 aromatic heterocycles. The minimum Gasteiger partial charge on any atom is -0.316 e. The number of sulfonamides is 1. The van der Waals surface area contributed by atoms with Crippen LogP contribution in [0.15, 0.2) is 23.1 Å². The van der Waals surface area contributed by atoms with Gasteiger partial charge in [0.15, 0.2) is 0 Å². The second-order valence-electron chi connectivity index (χ2n) is 4.92. The Balaban J connectivity index is 2.34. The lowest BCUT2D eigenvalue weighted by Gasteiger charge is -2.31. The first-order chi connectivity index (χ1) is 8.95. The molecule has 1 saturated heterocycles. The van der Waals surface area contributed by atoms with Crippen LogP contribution in [0.3, 0.4) is 0 Å². The van der Waals surface area contributed by atoms with E-state index in [9.17, 15) is 8.42 Å². The minimum atomic E-state index is -3.50. The Bertz CT molecular complexity index is 560. The summed E-state index contributed by atoms with van der Waals surface area (Å²) >= 11 is 6.05. The smallest absolute Gasteiger partial charge is 0.244 e. The first kappa shape index (κ1) is 14.8. The van der Waals surface area contributed by atoms with Crippen molar-refractivity contribution < 1.29 is 8.42 Å². The second-order valence-corrected chi connectivity index (χ2v) is 7.24. The number of piperidine rings is 1. The molecule has 2 rings (SSSR count). The number of benzene rings is 1. The van der Waals surface area contributed by atoms with E-state index < -0.39 is 10.0 Å². The van der Waals surface area contributed by atoms with Crippen LogP contribution in [0.25, 0.3) is 0 Å². The average Bonchev–Trinajstić information content (AvgIpc) is 2.41. The topological polar surface area (TPSA) is 49.4 Å². The van der Waals surface area contributed by atoms with Crippen LogP contribution in [0.5, 0.6) is 0 Å². The van der Waals surface area contributed by atoms with Gasteiger partial charge in [-0.2, -0.15) is 4.31 Å². The van der Waals surface area contributed by atoms with Crippen LogP contribution in [0.1, 0.15) is 18.4 Å². The van der Waals surface area contributed by atoms with E-state index in [-0.39, 0.29) is 16.0 Å². The molecule has 1 heterocycles. The summed E-state index contributed by atoms with van der Waals surface area (Å²) in [5, 5.41) is 3.43. The Kier molecular flexibility index (Phi) is 4.50. The highest BCUT2D eigenvalue weighted by molar-refractivity contribution is 7.89.